The number of thiazole rings is 1. The van der Waals surface area contributed by atoms with Crippen molar-refractivity contribution < 1.29 is 13.2 Å². The number of methoxy groups -OCH3 is 1. The standard InChI is InChI=1S/C23H19ClN4O3S3/c1-31-17-10-8-16(9-11-17)25-22(32)27-23-26-21(14-33-23)19-4-2-3-5-20(19)28-34(29,30)18-12-6-15(24)7-13-18/h2-14,28H,1H3,(H2,25,26,27,32). The zero-order chi connectivity index (χ0) is 24.1. The topological polar surface area (TPSA) is 92.3 Å². The van der Waals surface area contributed by atoms with Crippen LogP contribution in [0.2, 0.25) is 5.02 Å². The lowest BCUT2D eigenvalue weighted by Crippen LogP contribution is -2.18. The Hall–Kier alpha value is -3.18. The van der Waals surface area contributed by atoms with Gasteiger partial charge in [-0.15, -0.1) is 11.3 Å². The second kappa shape index (κ2) is 10.4. The number of halogens is 1. The molecule has 0 amide bonds. The summed E-state index contributed by atoms with van der Waals surface area (Å²) < 4.78 is 33.5. The number of benzene rings is 3. The molecule has 7 nitrogen and oxygen atoms in total. The number of aromatic nitrogens is 1. The van der Waals surface area contributed by atoms with Gasteiger partial charge in [-0.1, -0.05) is 29.8 Å². The molecule has 3 N–H and O–H groups in total. The fourth-order valence-corrected chi connectivity index (χ4v) is 5.20. The van der Waals surface area contributed by atoms with Crippen LogP contribution in [0.1, 0.15) is 0 Å². The zero-order valence-corrected chi connectivity index (χ0v) is 21.0. The minimum Gasteiger partial charge on any atom is -0.497 e. The van der Waals surface area contributed by atoms with Crippen LogP contribution in [-0.4, -0.2) is 25.6 Å². The summed E-state index contributed by atoms with van der Waals surface area (Å²) >= 11 is 12.6. The van der Waals surface area contributed by atoms with E-state index >= 15 is 0 Å². The molecule has 1 heterocycles. The predicted molar refractivity (Wildman–Crippen MR) is 143 cm³/mol. The third kappa shape index (κ3) is 5.84. The van der Waals surface area contributed by atoms with E-state index in [-0.39, 0.29) is 4.90 Å². The molecule has 1 aromatic heterocycles. The first-order valence-electron chi connectivity index (χ1n) is 9.89. The molecule has 0 radical (unpaired) electrons. The number of rotatable bonds is 7. The lowest BCUT2D eigenvalue weighted by molar-refractivity contribution is 0.415. The minimum atomic E-state index is -3.80. The highest BCUT2D eigenvalue weighted by molar-refractivity contribution is 7.92. The van der Waals surface area contributed by atoms with Crippen LogP contribution in [0.15, 0.2) is 83.1 Å². The van der Waals surface area contributed by atoms with Gasteiger partial charge in [-0.2, -0.15) is 0 Å². The smallest absolute Gasteiger partial charge is 0.261 e. The van der Waals surface area contributed by atoms with Crippen LogP contribution in [0.25, 0.3) is 11.3 Å². The zero-order valence-electron chi connectivity index (χ0n) is 17.8. The van der Waals surface area contributed by atoms with Gasteiger partial charge >= 0.3 is 0 Å². The van der Waals surface area contributed by atoms with E-state index in [1.807, 2.05) is 35.7 Å². The van der Waals surface area contributed by atoms with Gasteiger partial charge in [0.1, 0.15) is 5.75 Å². The maximum Gasteiger partial charge on any atom is 0.261 e. The van der Waals surface area contributed by atoms with E-state index in [0.717, 1.165) is 11.4 Å². The molecule has 0 aliphatic heterocycles. The summed E-state index contributed by atoms with van der Waals surface area (Å²) in [6, 6.07) is 20.4. The van der Waals surface area contributed by atoms with Gasteiger partial charge in [-0.05, 0) is 66.8 Å². The lowest BCUT2D eigenvalue weighted by atomic mass is 10.1. The molecule has 0 saturated heterocycles. The van der Waals surface area contributed by atoms with Crippen molar-refractivity contribution in [3.05, 3.63) is 83.2 Å². The molecule has 0 atom stereocenters. The Balaban J connectivity index is 1.49. The molecule has 0 bridgehead atoms. The molecule has 4 rings (SSSR count). The molecule has 174 valence electrons. The van der Waals surface area contributed by atoms with E-state index in [9.17, 15) is 8.42 Å². The minimum absolute atomic E-state index is 0.113. The van der Waals surface area contributed by atoms with Crippen LogP contribution in [-0.2, 0) is 10.0 Å². The summed E-state index contributed by atoms with van der Waals surface area (Å²) in [6.45, 7) is 0. The summed E-state index contributed by atoms with van der Waals surface area (Å²) in [7, 11) is -2.19. The van der Waals surface area contributed by atoms with E-state index in [1.54, 1.807) is 25.3 Å². The van der Waals surface area contributed by atoms with Gasteiger partial charge in [0.05, 0.1) is 23.4 Å². The maximum absolute atomic E-state index is 12.8. The summed E-state index contributed by atoms with van der Waals surface area (Å²) in [5.41, 5.74) is 2.46. The Bertz CT molecular complexity index is 1410. The number of sulfonamides is 1. The number of nitrogens with zero attached hydrogens (tertiary/aromatic N) is 1. The van der Waals surface area contributed by atoms with Crippen LogP contribution in [0, 0.1) is 0 Å². The van der Waals surface area contributed by atoms with Crippen LogP contribution in [0.4, 0.5) is 16.5 Å². The summed E-state index contributed by atoms with van der Waals surface area (Å²) in [5, 5.41) is 9.37. The first kappa shape index (κ1) is 24.0. The molecule has 0 spiro atoms. The van der Waals surface area contributed by atoms with Crippen LogP contribution in [0.5, 0.6) is 5.75 Å². The number of anilines is 3. The monoisotopic (exact) mass is 530 g/mol. The highest BCUT2D eigenvalue weighted by Crippen LogP contribution is 2.32. The Morgan fingerprint density at radius 2 is 1.71 bits per heavy atom. The fourth-order valence-electron chi connectivity index (χ4n) is 3.00. The van der Waals surface area contributed by atoms with E-state index in [4.69, 9.17) is 28.6 Å². The van der Waals surface area contributed by atoms with Crippen molar-refractivity contribution in [2.75, 3.05) is 22.5 Å². The number of hydrogen-bond donors (Lipinski definition) is 3. The van der Waals surface area contributed by atoms with Gasteiger partial charge in [0, 0.05) is 21.7 Å². The third-order valence-electron chi connectivity index (χ3n) is 4.64. The van der Waals surface area contributed by atoms with Crippen molar-refractivity contribution in [1.29, 1.82) is 0 Å². The van der Waals surface area contributed by atoms with Crippen LogP contribution in [0.3, 0.4) is 0 Å². The van der Waals surface area contributed by atoms with Crippen molar-refractivity contribution in [3.63, 3.8) is 0 Å². The van der Waals surface area contributed by atoms with E-state index in [1.165, 1.54) is 35.6 Å². The molecule has 34 heavy (non-hydrogen) atoms. The number of nitrogens with one attached hydrogen (secondary N) is 3. The van der Waals surface area contributed by atoms with E-state index < -0.39 is 10.0 Å². The molecule has 0 saturated carbocycles. The maximum atomic E-state index is 12.8. The SMILES string of the molecule is COc1ccc(NC(=S)Nc2nc(-c3ccccc3NS(=O)(=O)c3ccc(Cl)cc3)cs2)cc1. The highest BCUT2D eigenvalue weighted by Gasteiger charge is 2.17. The van der Waals surface area contributed by atoms with Gasteiger partial charge in [-0.25, -0.2) is 13.4 Å². The average molecular weight is 531 g/mol. The average Bonchev–Trinajstić information content (AvgIpc) is 3.28. The molecular weight excluding hydrogens is 512 g/mol. The fraction of sp³-hybridized carbons (Fsp3) is 0.0435. The second-order valence-electron chi connectivity index (χ2n) is 6.95. The summed E-state index contributed by atoms with van der Waals surface area (Å²) in [5.74, 6) is 0.749. The number of ether oxygens (including phenoxy) is 1. The Morgan fingerprint density at radius 1 is 1.00 bits per heavy atom. The van der Waals surface area contributed by atoms with Crippen molar-refractivity contribution >= 4 is 66.8 Å². The van der Waals surface area contributed by atoms with E-state index in [2.05, 4.69) is 20.3 Å². The number of para-hydroxylation sites is 1. The van der Waals surface area contributed by atoms with Crippen LogP contribution < -0.4 is 20.1 Å². The Morgan fingerprint density at radius 3 is 2.41 bits per heavy atom. The Labute approximate surface area is 211 Å². The van der Waals surface area contributed by atoms with E-state index in [0.29, 0.717) is 32.2 Å². The molecule has 4 aromatic rings. The van der Waals surface area contributed by atoms with Gasteiger partial charge in [0.2, 0.25) is 0 Å². The normalized spacial score (nSPS) is 11.0. The van der Waals surface area contributed by atoms with Crippen LogP contribution >= 0.6 is 35.2 Å². The molecular formula is C23H19ClN4O3S3. The quantitative estimate of drug-likeness (QED) is 0.249. The third-order valence-corrected chi connectivity index (χ3v) is 7.24. The van der Waals surface area contributed by atoms with Gasteiger partial charge in [-0.3, -0.25) is 4.72 Å². The first-order chi connectivity index (χ1) is 16.3. The Kier molecular flexibility index (Phi) is 7.32. The number of thiocarbonyl (C=S) groups is 1. The molecule has 0 aliphatic rings. The molecule has 0 aliphatic carbocycles. The van der Waals surface area contributed by atoms with Crippen molar-refractivity contribution in [3.8, 4) is 17.0 Å². The molecule has 11 heteroatoms. The number of hydrogen-bond acceptors (Lipinski definition) is 6. The second-order valence-corrected chi connectivity index (χ2v) is 10.3. The van der Waals surface area contributed by atoms with Gasteiger partial charge < -0.3 is 15.4 Å². The van der Waals surface area contributed by atoms with Crippen molar-refractivity contribution in [2.45, 2.75) is 4.90 Å². The van der Waals surface area contributed by atoms with Gasteiger partial charge in [0.25, 0.3) is 10.0 Å². The molecule has 3 aromatic carbocycles. The van der Waals surface area contributed by atoms with Gasteiger partial charge in [0.15, 0.2) is 10.2 Å². The van der Waals surface area contributed by atoms with Crippen molar-refractivity contribution in [2.24, 2.45) is 0 Å². The molecule has 0 fully saturated rings. The predicted octanol–water partition coefficient (Wildman–Crippen LogP) is 6.08. The highest BCUT2D eigenvalue weighted by atomic mass is 35.5. The lowest BCUT2D eigenvalue weighted by Gasteiger charge is -2.12. The van der Waals surface area contributed by atoms with Crippen molar-refractivity contribution in [1.82, 2.24) is 4.98 Å². The largest absolute Gasteiger partial charge is 0.497 e. The summed E-state index contributed by atoms with van der Waals surface area (Å²) in [4.78, 5) is 4.69. The first-order valence-corrected chi connectivity index (χ1v) is 13.0. The molecule has 0 unspecified atom stereocenters. The summed E-state index contributed by atoms with van der Waals surface area (Å²) in [6.07, 6.45) is 0.